The maximum Gasteiger partial charge on any atom is 0.272 e. The first kappa shape index (κ1) is 13.0. The molecule has 4 nitrogen and oxygen atoms in total. The van der Waals surface area contributed by atoms with Crippen molar-refractivity contribution in [2.75, 3.05) is 0 Å². The van der Waals surface area contributed by atoms with Crippen LogP contribution in [0.1, 0.15) is 48.4 Å². The van der Waals surface area contributed by atoms with Crippen LogP contribution in [0, 0.1) is 29.9 Å². The Hall–Kier alpha value is -1.42. The number of hydrogen-bond acceptors (Lipinski definition) is 3. The summed E-state index contributed by atoms with van der Waals surface area (Å²) in [5.74, 6) is 0.478. The Bertz CT molecular complexity index is 465. The second-order valence-corrected chi connectivity index (χ2v) is 5.31. The standard InChI is InChI=1S/C14H20N2O2/c1-9-7-12(8-13(10(9)2)16(17)18)14(15)11-5-3-4-6-11/h7-8,11,14H,3-6,15H2,1-2H3. The second-order valence-electron chi connectivity index (χ2n) is 5.31. The summed E-state index contributed by atoms with van der Waals surface area (Å²) in [6.45, 7) is 3.70. The summed E-state index contributed by atoms with van der Waals surface area (Å²) in [7, 11) is 0. The first-order chi connectivity index (χ1) is 8.50. The van der Waals surface area contributed by atoms with Gasteiger partial charge in [-0.05, 0) is 43.7 Å². The molecule has 1 atom stereocenters. The van der Waals surface area contributed by atoms with E-state index in [0.29, 0.717) is 5.92 Å². The van der Waals surface area contributed by atoms with Crippen LogP contribution in [0.25, 0.3) is 0 Å². The summed E-state index contributed by atoms with van der Waals surface area (Å²) in [4.78, 5) is 10.7. The van der Waals surface area contributed by atoms with E-state index in [2.05, 4.69) is 0 Å². The zero-order valence-corrected chi connectivity index (χ0v) is 11.0. The molecule has 0 spiro atoms. The summed E-state index contributed by atoms with van der Waals surface area (Å²) in [5.41, 5.74) is 9.06. The molecular weight excluding hydrogens is 228 g/mol. The fraction of sp³-hybridized carbons (Fsp3) is 0.571. The van der Waals surface area contributed by atoms with Crippen molar-refractivity contribution in [1.29, 1.82) is 0 Å². The van der Waals surface area contributed by atoms with Crippen LogP contribution in [-0.2, 0) is 0 Å². The first-order valence-electron chi connectivity index (χ1n) is 6.52. The van der Waals surface area contributed by atoms with Crippen LogP contribution < -0.4 is 5.73 Å². The molecule has 18 heavy (non-hydrogen) atoms. The highest BCUT2D eigenvalue weighted by Crippen LogP contribution is 2.36. The molecule has 4 heteroatoms. The van der Waals surface area contributed by atoms with Gasteiger partial charge in [0.15, 0.2) is 0 Å². The van der Waals surface area contributed by atoms with E-state index in [0.717, 1.165) is 29.5 Å². The minimum Gasteiger partial charge on any atom is -0.324 e. The molecule has 2 N–H and O–H groups in total. The normalized spacial score (nSPS) is 17.9. The van der Waals surface area contributed by atoms with E-state index in [4.69, 9.17) is 5.73 Å². The van der Waals surface area contributed by atoms with Gasteiger partial charge in [-0.2, -0.15) is 0 Å². The molecule has 1 aromatic rings. The molecule has 0 bridgehead atoms. The SMILES string of the molecule is Cc1cc(C(N)C2CCCC2)cc([N+](=O)[O-])c1C. The molecular formula is C14H20N2O2. The lowest BCUT2D eigenvalue weighted by Crippen LogP contribution is -2.19. The van der Waals surface area contributed by atoms with Gasteiger partial charge in [-0.3, -0.25) is 10.1 Å². The predicted octanol–water partition coefficient (Wildman–Crippen LogP) is 3.40. The van der Waals surface area contributed by atoms with Crippen molar-refractivity contribution in [2.24, 2.45) is 11.7 Å². The van der Waals surface area contributed by atoms with E-state index in [-0.39, 0.29) is 16.7 Å². The molecule has 0 radical (unpaired) electrons. The molecule has 0 heterocycles. The number of hydrogen-bond donors (Lipinski definition) is 1. The highest BCUT2D eigenvalue weighted by Gasteiger charge is 2.25. The number of aryl methyl sites for hydroxylation is 1. The minimum absolute atomic E-state index is 0.0644. The quantitative estimate of drug-likeness (QED) is 0.658. The largest absolute Gasteiger partial charge is 0.324 e. The lowest BCUT2D eigenvalue weighted by Gasteiger charge is -2.20. The molecule has 0 saturated heterocycles. The fourth-order valence-corrected chi connectivity index (χ4v) is 2.84. The fourth-order valence-electron chi connectivity index (χ4n) is 2.84. The van der Waals surface area contributed by atoms with Crippen LogP contribution >= 0.6 is 0 Å². The number of nitro groups is 1. The van der Waals surface area contributed by atoms with E-state index in [1.54, 1.807) is 13.0 Å². The summed E-state index contributed by atoms with van der Waals surface area (Å²) in [5, 5.41) is 11.0. The van der Waals surface area contributed by atoms with Crippen LogP contribution in [0.15, 0.2) is 12.1 Å². The smallest absolute Gasteiger partial charge is 0.272 e. The Morgan fingerprint density at radius 1 is 1.33 bits per heavy atom. The lowest BCUT2D eigenvalue weighted by molar-refractivity contribution is -0.385. The van der Waals surface area contributed by atoms with Gasteiger partial charge < -0.3 is 5.73 Å². The summed E-state index contributed by atoms with van der Waals surface area (Å²) < 4.78 is 0. The maximum atomic E-state index is 11.0. The molecule has 1 fully saturated rings. The third-order valence-electron chi connectivity index (χ3n) is 4.15. The third kappa shape index (κ3) is 2.38. The van der Waals surface area contributed by atoms with Gasteiger partial charge in [-0.15, -0.1) is 0 Å². The van der Waals surface area contributed by atoms with Crippen molar-refractivity contribution in [3.8, 4) is 0 Å². The van der Waals surface area contributed by atoms with Gasteiger partial charge in [-0.1, -0.05) is 18.9 Å². The Morgan fingerprint density at radius 2 is 1.94 bits per heavy atom. The van der Waals surface area contributed by atoms with Crippen molar-refractivity contribution in [1.82, 2.24) is 0 Å². The predicted molar refractivity (Wildman–Crippen MR) is 71.5 cm³/mol. The van der Waals surface area contributed by atoms with E-state index < -0.39 is 0 Å². The molecule has 98 valence electrons. The molecule has 0 aliphatic heterocycles. The molecule has 1 saturated carbocycles. The molecule has 2 rings (SSSR count). The molecule has 0 amide bonds. The Kier molecular flexibility index (Phi) is 3.66. The summed E-state index contributed by atoms with van der Waals surface area (Å²) >= 11 is 0. The number of rotatable bonds is 3. The third-order valence-corrected chi connectivity index (χ3v) is 4.15. The number of nitrogens with zero attached hydrogens (tertiary/aromatic N) is 1. The lowest BCUT2D eigenvalue weighted by atomic mass is 9.90. The zero-order valence-electron chi connectivity index (χ0n) is 11.0. The molecule has 1 aliphatic carbocycles. The van der Waals surface area contributed by atoms with E-state index >= 15 is 0 Å². The van der Waals surface area contributed by atoms with Gasteiger partial charge in [0.2, 0.25) is 0 Å². The maximum absolute atomic E-state index is 11.0. The average Bonchev–Trinajstić information content (AvgIpc) is 2.84. The van der Waals surface area contributed by atoms with Gasteiger partial charge in [0.1, 0.15) is 0 Å². The number of nitro benzene ring substituents is 1. The first-order valence-corrected chi connectivity index (χ1v) is 6.52. The monoisotopic (exact) mass is 248 g/mol. The Morgan fingerprint density at radius 3 is 2.50 bits per heavy atom. The second kappa shape index (κ2) is 5.06. The van der Waals surface area contributed by atoms with Gasteiger partial charge >= 0.3 is 0 Å². The molecule has 1 unspecified atom stereocenters. The van der Waals surface area contributed by atoms with E-state index in [1.165, 1.54) is 12.8 Å². The van der Waals surface area contributed by atoms with Gasteiger partial charge in [0.05, 0.1) is 4.92 Å². The van der Waals surface area contributed by atoms with E-state index in [9.17, 15) is 10.1 Å². The minimum atomic E-state index is -0.312. The van der Waals surface area contributed by atoms with Crippen molar-refractivity contribution in [3.63, 3.8) is 0 Å². The van der Waals surface area contributed by atoms with Crippen molar-refractivity contribution in [2.45, 2.75) is 45.6 Å². The number of benzene rings is 1. The van der Waals surface area contributed by atoms with Crippen molar-refractivity contribution in [3.05, 3.63) is 38.9 Å². The average molecular weight is 248 g/mol. The topological polar surface area (TPSA) is 69.2 Å². The summed E-state index contributed by atoms with van der Waals surface area (Å²) in [6.07, 6.45) is 4.74. The van der Waals surface area contributed by atoms with Crippen LogP contribution in [0.5, 0.6) is 0 Å². The van der Waals surface area contributed by atoms with Gasteiger partial charge in [-0.25, -0.2) is 0 Å². The van der Waals surface area contributed by atoms with Gasteiger partial charge in [0.25, 0.3) is 5.69 Å². The highest BCUT2D eigenvalue weighted by atomic mass is 16.6. The number of nitrogens with two attached hydrogens (primary N) is 1. The molecule has 0 aromatic heterocycles. The molecule has 1 aromatic carbocycles. The van der Waals surface area contributed by atoms with Crippen LogP contribution in [0.4, 0.5) is 5.69 Å². The molecule has 1 aliphatic rings. The summed E-state index contributed by atoms with van der Waals surface area (Å²) in [6, 6.07) is 3.60. The van der Waals surface area contributed by atoms with Crippen LogP contribution in [-0.4, -0.2) is 4.92 Å². The Labute approximate surface area is 107 Å². The van der Waals surface area contributed by atoms with Gasteiger partial charge in [0, 0.05) is 17.7 Å². The van der Waals surface area contributed by atoms with E-state index in [1.807, 2.05) is 13.0 Å². The van der Waals surface area contributed by atoms with Crippen molar-refractivity contribution < 1.29 is 4.92 Å². The zero-order chi connectivity index (χ0) is 13.3. The highest BCUT2D eigenvalue weighted by molar-refractivity contribution is 5.48. The van der Waals surface area contributed by atoms with Crippen LogP contribution in [0.3, 0.4) is 0 Å². The Balaban J connectivity index is 2.35. The van der Waals surface area contributed by atoms with Crippen LogP contribution in [0.2, 0.25) is 0 Å². The van der Waals surface area contributed by atoms with Crippen molar-refractivity contribution >= 4 is 5.69 Å².